The fourth-order valence-corrected chi connectivity index (χ4v) is 6.41. The molecular formula is C31H37N5O3. The van der Waals surface area contributed by atoms with E-state index in [0.717, 1.165) is 62.5 Å². The van der Waals surface area contributed by atoms with Crippen molar-refractivity contribution >= 4 is 11.8 Å². The number of hydrogen-bond acceptors (Lipinski definition) is 5. The Balaban J connectivity index is 1.04. The first-order valence-electron chi connectivity index (χ1n) is 14.1. The van der Waals surface area contributed by atoms with Gasteiger partial charge in [0.05, 0.1) is 41.7 Å². The van der Waals surface area contributed by atoms with Gasteiger partial charge in [0.25, 0.3) is 5.91 Å². The van der Waals surface area contributed by atoms with Gasteiger partial charge in [0.1, 0.15) is 0 Å². The summed E-state index contributed by atoms with van der Waals surface area (Å²) >= 11 is 0. The summed E-state index contributed by atoms with van der Waals surface area (Å²) in [4.78, 5) is 30.8. The van der Waals surface area contributed by atoms with Crippen LogP contribution in [0.1, 0.15) is 40.5 Å². The zero-order valence-corrected chi connectivity index (χ0v) is 22.5. The zero-order valence-electron chi connectivity index (χ0n) is 22.5. The molecular weight excluding hydrogens is 490 g/mol. The van der Waals surface area contributed by atoms with Crippen molar-refractivity contribution in [3.63, 3.8) is 0 Å². The molecule has 2 amide bonds. The van der Waals surface area contributed by atoms with E-state index in [9.17, 15) is 9.59 Å². The molecule has 8 heteroatoms. The lowest BCUT2D eigenvalue weighted by atomic mass is 10.0. The lowest BCUT2D eigenvalue weighted by Crippen LogP contribution is -2.37. The number of rotatable bonds is 8. The molecule has 204 valence electrons. The molecule has 1 N–H and O–H groups in total. The van der Waals surface area contributed by atoms with Gasteiger partial charge in [-0.3, -0.25) is 9.59 Å². The maximum Gasteiger partial charge on any atom is 0.257 e. The summed E-state index contributed by atoms with van der Waals surface area (Å²) in [6.07, 6.45) is 3.37. The van der Waals surface area contributed by atoms with Crippen molar-refractivity contribution in [1.82, 2.24) is 24.9 Å². The molecule has 8 nitrogen and oxygen atoms in total. The number of amides is 2. The highest BCUT2D eigenvalue weighted by atomic mass is 16.5. The molecule has 4 atom stereocenters. The van der Waals surface area contributed by atoms with E-state index in [2.05, 4.69) is 27.4 Å². The van der Waals surface area contributed by atoms with Crippen LogP contribution >= 0.6 is 0 Å². The van der Waals surface area contributed by atoms with Gasteiger partial charge in [-0.05, 0) is 49.3 Å². The lowest BCUT2D eigenvalue weighted by Gasteiger charge is -2.25. The van der Waals surface area contributed by atoms with Gasteiger partial charge in [0, 0.05) is 39.3 Å². The molecule has 3 aliphatic rings. The third-order valence-corrected chi connectivity index (χ3v) is 8.64. The molecule has 4 heterocycles. The first-order chi connectivity index (χ1) is 19.1. The standard InChI is InChI=1S/C31H37N5O3/c1-22-28(16-32-36(22)27-10-6-3-7-11-27)31(38)35-19-25-17-34(18-26(25)20-35)14-12-29(23-8-4-2-5-9-23)33-30(37)24-13-15-39-21-24/h2-11,16,24-26,29H,12-15,17-21H2,1H3,(H,33,37)/t24?,25?,26?,29-/m0/s1. The molecule has 0 radical (unpaired) electrons. The average molecular weight is 528 g/mol. The minimum Gasteiger partial charge on any atom is -0.381 e. The van der Waals surface area contributed by atoms with Crippen LogP contribution in [-0.2, 0) is 9.53 Å². The van der Waals surface area contributed by atoms with Crippen molar-refractivity contribution < 1.29 is 14.3 Å². The average Bonchev–Trinajstić information content (AvgIpc) is 3.76. The van der Waals surface area contributed by atoms with E-state index in [-0.39, 0.29) is 23.8 Å². The normalized spacial score (nSPS) is 23.6. The van der Waals surface area contributed by atoms with Gasteiger partial charge >= 0.3 is 0 Å². The van der Waals surface area contributed by atoms with Crippen molar-refractivity contribution in [2.45, 2.75) is 25.8 Å². The van der Waals surface area contributed by atoms with Crippen LogP contribution in [0.5, 0.6) is 0 Å². The van der Waals surface area contributed by atoms with E-state index in [4.69, 9.17) is 4.74 Å². The summed E-state index contributed by atoms with van der Waals surface area (Å²) < 4.78 is 7.27. The third kappa shape index (κ3) is 5.49. The second kappa shape index (κ2) is 11.3. The van der Waals surface area contributed by atoms with Crippen molar-refractivity contribution in [3.8, 4) is 5.69 Å². The summed E-state index contributed by atoms with van der Waals surface area (Å²) in [5, 5.41) is 7.80. The second-order valence-electron chi connectivity index (χ2n) is 11.2. The number of fused-ring (bicyclic) bond motifs is 1. The molecule has 3 fully saturated rings. The summed E-state index contributed by atoms with van der Waals surface area (Å²) in [7, 11) is 0. The highest BCUT2D eigenvalue weighted by molar-refractivity contribution is 5.95. The number of benzene rings is 2. The molecule has 3 unspecified atom stereocenters. The quantitative estimate of drug-likeness (QED) is 0.485. The second-order valence-corrected chi connectivity index (χ2v) is 11.2. The smallest absolute Gasteiger partial charge is 0.257 e. The number of nitrogens with zero attached hydrogens (tertiary/aromatic N) is 4. The van der Waals surface area contributed by atoms with Gasteiger partial charge in [0.15, 0.2) is 0 Å². The number of likely N-dealkylation sites (tertiary alicyclic amines) is 2. The highest BCUT2D eigenvalue weighted by Gasteiger charge is 2.42. The van der Waals surface area contributed by atoms with Crippen molar-refractivity contribution in [2.24, 2.45) is 17.8 Å². The minimum atomic E-state index is -0.0469. The molecule has 3 saturated heterocycles. The first-order valence-corrected chi connectivity index (χ1v) is 14.1. The van der Waals surface area contributed by atoms with Gasteiger partial charge in [-0.25, -0.2) is 4.68 Å². The van der Waals surface area contributed by atoms with E-state index in [1.165, 1.54) is 0 Å². The van der Waals surface area contributed by atoms with Gasteiger partial charge in [-0.1, -0.05) is 48.5 Å². The molecule has 1 aromatic heterocycles. The molecule has 6 rings (SSSR count). The Labute approximate surface area is 229 Å². The maximum atomic E-state index is 13.4. The molecule has 2 aromatic carbocycles. The van der Waals surface area contributed by atoms with Gasteiger partial charge < -0.3 is 19.9 Å². The fourth-order valence-electron chi connectivity index (χ4n) is 6.41. The fraction of sp³-hybridized carbons (Fsp3) is 0.452. The molecule has 0 aliphatic carbocycles. The Bertz CT molecular complexity index is 1270. The predicted octanol–water partition coefficient (Wildman–Crippen LogP) is 3.47. The summed E-state index contributed by atoms with van der Waals surface area (Å²) in [6, 6.07) is 20.2. The minimum absolute atomic E-state index is 0.0121. The molecule has 3 aliphatic heterocycles. The monoisotopic (exact) mass is 527 g/mol. The Morgan fingerprint density at radius 2 is 1.69 bits per heavy atom. The van der Waals surface area contributed by atoms with E-state index in [1.54, 1.807) is 6.20 Å². The van der Waals surface area contributed by atoms with Crippen LogP contribution in [0, 0.1) is 24.7 Å². The van der Waals surface area contributed by atoms with Crippen LogP contribution in [0.4, 0.5) is 0 Å². The maximum absolute atomic E-state index is 13.4. The van der Waals surface area contributed by atoms with Crippen LogP contribution in [0.25, 0.3) is 5.69 Å². The zero-order chi connectivity index (χ0) is 26.8. The largest absolute Gasteiger partial charge is 0.381 e. The van der Waals surface area contributed by atoms with Crippen LogP contribution in [0.2, 0.25) is 0 Å². The van der Waals surface area contributed by atoms with Crippen LogP contribution in [0.3, 0.4) is 0 Å². The number of ether oxygens (including phenoxy) is 1. The Hall–Kier alpha value is -3.49. The van der Waals surface area contributed by atoms with E-state index >= 15 is 0 Å². The van der Waals surface area contributed by atoms with E-state index in [0.29, 0.717) is 30.6 Å². The van der Waals surface area contributed by atoms with E-state index < -0.39 is 0 Å². The van der Waals surface area contributed by atoms with Crippen molar-refractivity contribution in [1.29, 1.82) is 0 Å². The Morgan fingerprint density at radius 1 is 1.00 bits per heavy atom. The van der Waals surface area contributed by atoms with Crippen LogP contribution in [-0.4, -0.2) is 77.3 Å². The number of carbonyl (C=O) groups is 2. The third-order valence-electron chi connectivity index (χ3n) is 8.64. The Kier molecular flexibility index (Phi) is 7.48. The van der Waals surface area contributed by atoms with Crippen LogP contribution < -0.4 is 5.32 Å². The number of nitrogens with one attached hydrogen (secondary N) is 1. The van der Waals surface area contributed by atoms with Gasteiger partial charge in [0.2, 0.25) is 5.91 Å². The van der Waals surface area contributed by atoms with E-state index in [1.807, 2.05) is 65.0 Å². The topological polar surface area (TPSA) is 79.7 Å². The predicted molar refractivity (Wildman–Crippen MR) is 148 cm³/mol. The lowest BCUT2D eigenvalue weighted by molar-refractivity contribution is -0.125. The van der Waals surface area contributed by atoms with Crippen molar-refractivity contribution in [2.75, 3.05) is 45.9 Å². The SMILES string of the molecule is Cc1c(C(=O)N2CC3CN(CC[C@H](NC(=O)C4CCOC4)c4ccccc4)CC3C2)cnn1-c1ccccc1. The van der Waals surface area contributed by atoms with Crippen LogP contribution in [0.15, 0.2) is 66.9 Å². The highest BCUT2D eigenvalue weighted by Crippen LogP contribution is 2.33. The molecule has 3 aromatic rings. The van der Waals surface area contributed by atoms with Gasteiger partial charge in [-0.15, -0.1) is 0 Å². The number of aromatic nitrogens is 2. The summed E-state index contributed by atoms with van der Waals surface area (Å²) in [6.45, 7) is 7.63. The number of para-hydroxylation sites is 1. The Morgan fingerprint density at radius 3 is 2.36 bits per heavy atom. The molecule has 0 bridgehead atoms. The van der Waals surface area contributed by atoms with Gasteiger partial charge in [-0.2, -0.15) is 5.10 Å². The van der Waals surface area contributed by atoms with Crippen molar-refractivity contribution in [3.05, 3.63) is 83.7 Å². The summed E-state index contributed by atoms with van der Waals surface area (Å²) in [5.41, 5.74) is 3.67. The number of hydrogen-bond donors (Lipinski definition) is 1. The molecule has 39 heavy (non-hydrogen) atoms. The summed E-state index contributed by atoms with van der Waals surface area (Å²) in [5.74, 6) is 1.10. The first kappa shape index (κ1) is 25.8. The molecule has 0 spiro atoms. The molecule has 0 saturated carbocycles. The number of carbonyl (C=O) groups excluding carboxylic acids is 2.